The summed E-state index contributed by atoms with van der Waals surface area (Å²) in [6.45, 7) is 7.06. The lowest BCUT2D eigenvalue weighted by Crippen LogP contribution is -2.46. The molecule has 22 heavy (non-hydrogen) atoms. The highest BCUT2D eigenvalue weighted by Crippen LogP contribution is 2.58. The maximum absolute atomic E-state index is 12.8. The van der Waals surface area contributed by atoms with Gasteiger partial charge in [0.2, 0.25) is 0 Å². The summed E-state index contributed by atoms with van der Waals surface area (Å²) >= 11 is 5.86. The van der Waals surface area contributed by atoms with Crippen molar-refractivity contribution >= 4 is 30.9 Å². The van der Waals surface area contributed by atoms with Crippen molar-refractivity contribution in [3.8, 4) is 0 Å². The van der Waals surface area contributed by atoms with E-state index in [2.05, 4.69) is 10.6 Å². The molecule has 0 aromatic heterocycles. The minimum Gasteiger partial charge on any atom is -0.321 e. The summed E-state index contributed by atoms with van der Waals surface area (Å²) < 4.78 is 23.3. The van der Waals surface area contributed by atoms with Crippen LogP contribution in [0.15, 0.2) is 24.3 Å². The van der Waals surface area contributed by atoms with E-state index >= 15 is 0 Å². The van der Waals surface area contributed by atoms with Gasteiger partial charge in [-0.15, -0.1) is 0 Å². The lowest BCUT2D eigenvalue weighted by atomic mass is 10.3. The summed E-state index contributed by atoms with van der Waals surface area (Å²) in [4.78, 5) is 12.1. The topological polar surface area (TPSA) is 76.7 Å². The lowest BCUT2D eigenvalue weighted by Gasteiger charge is -2.33. The zero-order valence-electron chi connectivity index (χ0n) is 13.2. The van der Waals surface area contributed by atoms with Crippen molar-refractivity contribution in [3.63, 3.8) is 0 Å². The van der Waals surface area contributed by atoms with Crippen LogP contribution in [0.1, 0.15) is 27.7 Å². The van der Waals surface area contributed by atoms with Crippen LogP contribution in [0.2, 0.25) is 5.02 Å². The Morgan fingerprint density at radius 1 is 1.27 bits per heavy atom. The summed E-state index contributed by atoms with van der Waals surface area (Å²) in [5, 5.41) is 4.58. The Hall–Kier alpha value is -1.07. The quantitative estimate of drug-likeness (QED) is 0.713. The molecule has 0 aliphatic carbocycles. The van der Waals surface area contributed by atoms with E-state index < -0.39 is 18.9 Å². The van der Waals surface area contributed by atoms with Gasteiger partial charge in [-0.3, -0.25) is 4.57 Å². The number of hydrogen-bond acceptors (Lipinski definition) is 4. The van der Waals surface area contributed by atoms with E-state index in [1.807, 2.05) is 0 Å². The average Bonchev–Trinajstić information content (AvgIpc) is 2.38. The second-order valence-electron chi connectivity index (χ2n) is 4.98. The molecule has 0 fully saturated rings. The van der Waals surface area contributed by atoms with Crippen LogP contribution in [0.5, 0.6) is 0 Å². The zero-order chi connectivity index (χ0) is 16.8. The molecular formula is C14H22ClN2O4P. The van der Waals surface area contributed by atoms with Gasteiger partial charge in [0, 0.05) is 10.7 Å². The Morgan fingerprint density at radius 2 is 1.86 bits per heavy atom. The van der Waals surface area contributed by atoms with Gasteiger partial charge in [0.15, 0.2) is 0 Å². The van der Waals surface area contributed by atoms with E-state index in [4.69, 9.17) is 20.6 Å². The first-order chi connectivity index (χ1) is 10.2. The molecule has 0 spiro atoms. The van der Waals surface area contributed by atoms with E-state index in [1.165, 1.54) is 0 Å². The zero-order valence-corrected chi connectivity index (χ0v) is 14.8. The highest BCUT2D eigenvalue weighted by Gasteiger charge is 2.44. The first-order valence-corrected chi connectivity index (χ1v) is 8.90. The number of benzene rings is 1. The molecule has 1 aromatic carbocycles. The molecule has 8 heteroatoms. The van der Waals surface area contributed by atoms with Crippen LogP contribution in [0.4, 0.5) is 10.5 Å². The van der Waals surface area contributed by atoms with Gasteiger partial charge in [0.1, 0.15) is 5.28 Å². The molecule has 6 nitrogen and oxygen atoms in total. The number of nitrogens with one attached hydrogen (secondary N) is 2. The van der Waals surface area contributed by atoms with Crippen LogP contribution in [0, 0.1) is 0 Å². The van der Waals surface area contributed by atoms with Gasteiger partial charge in [0.25, 0.3) is 0 Å². The van der Waals surface area contributed by atoms with Crippen molar-refractivity contribution in [3.05, 3.63) is 29.3 Å². The highest BCUT2D eigenvalue weighted by atomic mass is 35.5. The van der Waals surface area contributed by atoms with Crippen molar-refractivity contribution in [2.75, 3.05) is 18.5 Å². The van der Waals surface area contributed by atoms with Gasteiger partial charge in [0.05, 0.1) is 13.2 Å². The molecule has 0 bridgehead atoms. The van der Waals surface area contributed by atoms with E-state index in [0.29, 0.717) is 10.7 Å². The van der Waals surface area contributed by atoms with Crippen LogP contribution in [0.3, 0.4) is 0 Å². The van der Waals surface area contributed by atoms with Gasteiger partial charge >= 0.3 is 13.6 Å². The fourth-order valence-corrected chi connectivity index (χ4v) is 3.60. The fourth-order valence-electron chi connectivity index (χ4n) is 1.77. The molecule has 0 radical (unpaired) electrons. The Balaban J connectivity index is 2.81. The van der Waals surface area contributed by atoms with Gasteiger partial charge in [-0.1, -0.05) is 17.7 Å². The molecule has 2 amide bonds. The molecule has 0 heterocycles. The number of halogens is 1. The second kappa shape index (κ2) is 7.97. The Bertz CT molecular complexity index is 556. The van der Waals surface area contributed by atoms with E-state index in [9.17, 15) is 9.36 Å². The summed E-state index contributed by atoms with van der Waals surface area (Å²) in [5.41, 5.74) is 0.531. The monoisotopic (exact) mass is 348 g/mol. The summed E-state index contributed by atoms with van der Waals surface area (Å²) in [6.07, 6.45) is 0. The molecule has 0 aliphatic rings. The molecule has 0 aliphatic heterocycles. The normalized spacial score (nSPS) is 12.0. The van der Waals surface area contributed by atoms with Crippen molar-refractivity contribution in [1.82, 2.24) is 5.32 Å². The van der Waals surface area contributed by atoms with Crippen LogP contribution < -0.4 is 10.6 Å². The van der Waals surface area contributed by atoms with E-state index in [0.717, 1.165) is 0 Å². The summed E-state index contributed by atoms with van der Waals surface area (Å²) in [5.74, 6) is 0. The SMILES string of the molecule is CCOP(=O)(OCC)C(C)(C)NC(=O)Nc1cccc(Cl)c1. The third-order valence-corrected chi connectivity index (χ3v) is 5.70. The molecule has 124 valence electrons. The first-order valence-electron chi connectivity index (χ1n) is 6.98. The van der Waals surface area contributed by atoms with Crippen LogP contribution >= 0.6 is 19.2 Å². The molecule has 0 saturated carbocycles. The molecule has 2 N–H and O–H groups in total. The molecule has 1 aromatic rings. The van der Waals surface area contributed by atoms with E-state index in [1.54, 1.807) is 52.0 Å². The Morgan fingerprint density at radius 3 is 2.36 bits per heavy atom. The van der Waals surface area contributed by atoms with Gasteiger partial charge in [-0.2, -0.15) is 0 Å². The average molecular weight is 349 g/mol. The van der Waals surface area contributed by atoms with Crippen molar-refractivity contribution < 1.29 is 18.4 Å². The molecule has 0 saturated heterocycles. The van der Waals surface area contributed by atoms with Gasteiger partial charge in [-0.05, 0) is 45.9 Å². The number of carbonyl (C=O) groups is 1. The van der Waals surface area contributed by atoms with Gasteiger partial charge < -0.3 is 19.7 Å². The van der Waals surface area contributed by atoms with Crippen LogP contribution in [-0.4, -0.2) is 24.5 Å². The van der Waals surface area contributed by atoms with Crippen molar-refractivity contribution in [1.29, 1.82) is 0 Å². The van der Waals surface area contributed by atoms with Crippen molar-refractivity contribution in [2.45, 2.75) is 33.0 Å². The maximum Gasteiger partial charge on any atom is 0.355 e. The van der Waals surface area contributed by atoms with Crippen LogP contribution in [0.25, 0.3) is 0 Å². The lowest BCUT2D eigenvalue weighted by molar-refractivity contribution is 0.191. The van der Waals surface area contributed by atoms with E-state index in [-0.39, 0.29) is 13.2 Å². The number of anilines is 1. The van der Waals surface area contributed by atoms with Gasteiger partial charge in [-0.25, -0.2) is 4.79 Å². The summed E-state index contributed by atoms with van der Waals surface area (Å²) in [7, 11) is -3.49. The highest BCUT2D eigenvalue weighted by molar-refractivity contribution is 7.55. The van der Waals surface area contributed by atoms with Crippen LogP contribution in [-0.2, 0) is 13.6 Å². The number of hydrogen-bond donors (Lipinski definition) is 2. The number of rotatable bonds is 7. The molecule has 1 rings (SSSR count). The predicted molar refractivity (Wildman–Crippen MR) is 88.5 cm³/mol. The maximum atomic E-state index is 12.8. The third kappa shape index (κ3) is 4.99. The number of urea groups is 1. The minimum atomic E-state index is -3.49. The summed E-state index contributed by atoms with van der Waals surface area (Å²) in [6, 6.07) is 6.20. The smallest absolute Gasteiger partial charge is 0.321 e. The third-order valence-electron chi connectivity index (χ3n) is 2.78. The number of carbonyl (C=O) groups excluding carboxylic acids is 1. The van der Waals surface area contributed by atoms with Crippen molar-refractivity contribution in [2.24, 2.45) is 0 Å². The first kappa shape index (κ1) is 19.0. The minimum absolute atomic E-state index is 0.221. The predicted octanol–water partition coefficient (Wildman–Crippen LogP) is 4.46. The molecule has 0 atom stereocenters. The fraction of sp³-hybridized carbons (Fsp3) is 0.500. The number of amides is 2. The molecular weight excluding hydrogens is 327 g/mol. The standard InChI is InChI=1S/C14H22ClN2O4P/c1-5-20-22(19,21-6-2)14(3,4)17-13(18)16-12-9-7-8-11(15)10-12/h7-10H,5-6H2,1-4H3,(H2,16,17,18). The second-order valence-corrected chi connectivity index (χ2v) is 8.05. The Kier molecular flexibility index (Phi) is 6.88. The Labute approximate surface area is 136 Å². The largest absolute Gasteiger partial charge is 0.355 e. The molecule has 0 unspecified atom stereocenters.